The molecule has 0 heterocycles. The first-order valence-corrected chi connectivity index (χ1v) is 8.28. The van der Waals surface area contributed by atoms with Crippen LogP contribution < -0.4 is 10.5 Å². The Morgan fingerprint density at radius 2 is 2.05 bits per heavy atom. The SMILES string of the molecule is CCCCCCOc1cccc(SCC)c1C(N)=S. The number of nitrogens with two attached hydrogens (primary N) is 1. The van der Waals surface area contributed by atoms with Crippen LogP contribution >= 0.6 is 24.0 Å². The fraction of sp³-hybridized carbons (Fsp3) is 0.533. The Bertz CT molecular complexity index is 407. The van der Waals surface area contributed by atoms with Crippen molar-refractivity contribution in [3.63, 3.8) is 0 Å². The van der Waals surface area contributed by atoms with Crippen molar-refractivity contribution in [3.05, 3.63) is 23.8 Å². The molecular formula is C15H23NOS2. The number of hydrogen-bond donors (Lipinski definition) is 1. The van der Waals surface area contributed by atoms with Crippen molar-refractivity contribution < 1.29 is 4.74 Å². The van der Waals surface area contributed by atoms with E-state index in [-0.39, 0.29) is 0 Å². The minimum Gasteiger partial charge on any atom is -0.493 e. The number of hydrogen-bond acceptors (Lipinski definition) is 3. The maximum Gasteiger partial charge on any atom is 0.130 e. The van der Waals surface area contributed by atoms with Crippen molar-refractivity contribution >= 4 is 29.0 Å². The smallest absolute Gasteiger partial charge is 0.130 e. The highest BCUT2D eigenvalue weighted by atomic mass is 32.2. The first-order chi connectivity index (χ1) is 9.20. The molecule has 0 amide bonds. The van der Waals surface area contributed by atoms with Crippen LogP contribution in [0.25, 0.3) is 0 Å². The molecule has 0 aliphatic heterocycles. The molecule has 2 nitrogen and oxygen atoms in total. The predicted molar refractivity (Wildman–Crippen MR) is 88.4 cm³/mol. The Labute approximate surface area is 126 Å². The Balaban J connectivity index is 2.70. The van der Waals surface area contributed by atoms with E-state index >= 15 is 0 Å². The third kappa shape index (κ3) is 5.41. The van der Waals surface area contributed by atoms with Gasteiger partial charge in [-0.15, -0.1) is 11.8 Å². The van der Waals surface area contributed by atoms with Crippen molar-refractivity contribution in [2.45, 2.75) is 44.4 Å². The summed E-state index contributed by atoms with van der Waals surface area (Å²) in [5, 5.41) is 0. The molecule has 0 radical (unpaired) electrons. The zero-order valence-electron chi connectivity index (χ0n) is 11.8. The van der Waals surface area contributed by atoms with E-state index in [9.17, 15) is 0 Å². The van der Waals surface area contributed by atoms with Crippen LogP contribution in [-0.4, -0.2) is 17.3 Å². The van der Waals surface area contributed by atoms with Gasteiger partial charge in [0.15, 0.2) is 0 Å². The number of ether oxygens (including phenoxy) is 1. The Hall–Kier alpha value is -0.740. The summed E-state index contributed by atoms with van der Waals surface area (Å²) in [4.78, 5) is 1.53. The van der Waals surface area contributed by atoms with Gasteiger partial charge < -0.3 is 10.5 Å². The molecule has 106 valence electrons. The van der Waals surface area contributed by atoms with Crippen LogP contribution in [0.3, 0.4) is 0 Å². The van der Waals surface area contributed by atoms with Gasteiger partial charge in [-0.2, -0.15) is 0 Å². The number of thiocarbonyl (C=S) groups is 1. The van der Waals surface area contributed by atoms with Gasteiger partial charge in [-0.05, 0) is 24.3 Å². The molecule has 0 bridgehead atoms. The number of thioether (sulfide) groups is 1. The Morgan fingerprint density at radius 3 is 2.68 bits per heavy atom. The highest BCUT2D eigenvalue weighted by Crippen LogP contribution is 2.30. The molecule has 2 N–H and O–H groups in total. The van der Waals surface area contributed by atoms with Gasteiger partial charge in [-0.25, -0.2) is 0 Å². The normalized spacial score (nSPS) is 10.4. The van der Waals surface area contributed by atoms with E-state index in [0.717, 1.165) is 35.0 Å². The highest BCUT2D eigenvalue weighted by Gasteiger charge is 2.12. The van der Waals surface area contributed by atoms with Gasteiger partial charge in [0.2, 0.25) is 0 Å². The summed E-state index contributed by atoms with van der Waals surface area (Å²) in [5.41, 5.74) is 6.72. The van der Waals surface area contributed by atoms with Crippen molar-refractivity contribution in [3.8, 4) is 5.75 Å². The minimum atomic E-state index is 0.417. The maximum atomic E-state index is 5.85. The second-order valence-corrected chi connectivity index (χ2v) is 6.08. The van der Waals surface area contributed by atoms with Crippen LogP contribution in [0.4, 0.5) is 0 Å². The summed E-state index contributed by atoms with van der Waals surface area (Å²) in [6.45, 7) is 5.05. The van der Waals surface area contributed by atoms with Gasteiger partial charge in [0.25, 0.3) is 0 Å². The fourth-order valence-electron chi connectivity index (χ4n) is 1.86. The van der Waals surface area contributed by atoms with Gasteiger partial charge >= 0.3 is 0 Å². The average Bonchev–Trinajstić information content (AvgIpc) is 2.38. The zero-order chi connectivity index (χ0) is 14.1. The van der Waals surface area contributed by atoms with Crippen LogP contribution in [0.2, 0.25) is 0 Å². The number of rotatable bonds is 9. The summed E-state index contributed by atoms with van der Waals surface area (Å²) in [6, 6.07) is 6.00. The zero-order valence-corrected chi connectivity index (χ0v) is 13.4. The van der Waals surface area contributed by atoms with Gasteiger partial charge in [-0.3, -0.25) is 0 Å². The molecule has 0 unspecified atom stereocenters. The largest absolute Gasteiger partial charge is 0.493 e. The summed E-state index contributed by atoms with van der Waals surface area (Å²) in [7, 11) is 0. The lowest BCUT2D eigenvalue weighted by Crippen LogP contribution is -2.13. The Kier molecular flexibility index (Phi) is 7.91. The van der Waals surface area contributed by atoms with Gasteiger partial charge in [0, 0.05) is 4.90 Å². The third-order valence-corrected chi connectivity index (χ3v) is 3.93. The lowest BCUT2D eigenvalue weighted by molar-refractivity contribution is 0.304. The van der Waals surface area contributed by atoms with E-state index in [1.165, 1.54) is 19.3 Å². The van der Waals surface area contributed by atoms with E-state index in [2.05, 4.69) is 13.8 Å². The number of benzene rings is 1. The van der Waals surface area contributed by atoms with E-state index in [4.69, 9.17) is 22.7 Å². The molecule has 0 fully saturated rings. The monoisotopic (exact) mass is 297 g/mol. The lowest BCUT2D eigenvalue weighted by Gasteiger charge is -2.14. The molecule has 0 aliphatic carbocycles. The Morgan fingerprint density at radius 1 is 1.26 bits per heavy atom. The molecule has 0 saturated heterocycles. The molecule has 19 heavy (non-hydrogen) atoms. The van der Waals surface area contributed by atoms with Crippen LogP contribution in [0.1, 0.15) is 45.1 Å². The van der Waals surface area contributed by atoms with Gasteiger partial charge in [0.1, 0.15) is 10.7 Å². The molecule has 1 aromatic carbocycles. The second kappa shape index (κ2) is 9.21. The molecule has 1 aromatic rings. The fourth-order valence-corrected chi connectivity index (χ4v) is 2.98. The van der Waals surface area contributed by atoms with Crippen LogP contribution in [-0.2, 0) is 0 Å². The lowest BCUT2D eigenvalue weighted by atomic mass is 10.2. The second-order valence-electron chi connectivity index (χ2n) is 4.34. The van der Waals surface area contributed by atoms with Crippen molar-refractivity contribution in [2.24, 2.45) is 5.73 Å². The molecule has 4 heteroatoms. The van der Waals surface area contributed by atoms with Crippen molar-refractivity contribution in [1.29, 1.82) is 0 Å². The minimum absolute atomic E-state index is 0.417. The topological polar surface area (TPSA) is 35.2 Å². The molecule has 0 aliphatic rings. The summed E-state index contributed by atoms with van der Waals surface area (Å²) < 4.78 is 5.85. The average molecular weight is 297 g/mol. The molecule has 0 spiro atoms. The van der Waals surface area contributed by atoms with Crippen LogP contribution in [0.15, 0.2) is 23.1 Å². The molecule has 0 saturated carbocycles. The van der Waals surface area contributed by atoms with E-state index < -0.39 is 0 Å². The first kappa shape index (κ1) is 16.3. The van der Waals surface area contributed by atoms with E-state index in [0.29, 0.717) is 4.99 Å². The van der Waals surface area contributed by atoms with E-state index in [1.54, 1.807) is 11.8 Å². The maximum absolute atomic E-state index is 5.85. The van der Waals surface area contributed by atoms with Gasteiger partial charge in [0.05, 0.1) is 12.2 Å². The molecular weight excluding hydrogens is 274 g/mol. The molecule has 0 aromatic heterocycles. The van der Waals surface area contributed by atoms with Crippen LogP contribution in [0, 0.1) is 0 Å². The first-order valence-electron chi connectivity index (χ1n) is 6.89. The van der Waals surface area contributed by atoms with Crippen LogP contribution in [0.5, 0.6) is 5.75 Å². The quantitative estimate of drug-likeness (QED) is 0.416. The summed E-state index contributed by atoms with van der Waals surface area (Å²) in [5.74, 6) is 1.82. The highest BCUT2D eigenvalue weighted by molar-refractivity contribution is 7.99. The predicted octanol–water partition coefficient (Wildman–Crippen LogP) is 4.39. The van der Waals surface area contributed by atoms with Crippen molar-refractivity contribution in [2.75, 3.05) is 12.4 Å². The van der Waals surface area contributed by atoms with Gasteiger partial charge in [-0.1, -0.05) is 51.4 Å². The standard InChI is InChI=1S/C15H23NOS2/c1-3-5-6-7-11-17-12-9-8-10-13(19-4-2)14(12)15(16)18/h8-10H,3-7,11H2,1-2H3,(H2,16,18). The third-order valence-electron chi connectivity index (χ3n) is 2.79. The summed E-state index contributed by atoms with van der Waals surface area (Å²) >= 11 is 6.90. The molecule has 1 rings (SSSR count). The summed E-state index contributed by atoms with van der Waals surface area (Å²) in [6.07, 6.45) is 4.79. The van der Waals surface area contributed by atoms with E-state index in [1.807, 2.05) is 18.2 Å². The number of unbranched alkanes of at least 4 members (excludes halogenated alkanes) is 3. The molecule has 0 atom stereocenters. The van der Waals surface area contributed by atoms with Crippen molar-refractivity contribution in [1.82, 2.24) is 0 Å².